The van der Waals surface area contributed by atoms with Crippen LogP contribution in [0, 0.1) is 0 Å². The monoisotopic (exact) mass is 263 g/mol. The molecule has 0 bridgehead atoms. The van der Waals surface area contributed by atoms with Gasteiger partial charge in [0.15, 0.2) is 0 Å². The van der Waals surface area contributed by atoms with E-state index >= 15 is 0 Å². The number of hydrogen-bond acceptors (Lipinski definition) is 3. The van der Waals surface area contributed by atoms with Gasteiger partial charge in [0.1, 0.15) is 18.0 Å². The van der Waals surface area contributed by atoms with Crippen LogP contribution in [0.1, 0.15) is 32.3 Å². The first-order valence-corrected chi connectivity index (χ1v) is 7.33. The van der Waals surface area contributed by atoms with E-state index in [9.17, 15) is 0 Å². The summed E-state index contributed by atoms with van der Waals surface area (Å²) >= 11 is 0. The minimum Gasteiger partial charge on any atom is -0.487 e. The number of ether oxygens (including phenoxy) is 2. The zero-order valence-electron chi connectivity index (χ0n) is 12.2. The average molecular weight is 263 g/mol. The van der Waals surface area contributed by atoms with Gasteiger partial charge in [-0.15, -0.1) is 0 Å². The van der Waals surface area contributed by atoms with Crippen LogP contribution in [0.15, 0.2) is 24.3 Å². The summed E-state index contributed by atoms with van der Waals surface area (Å²) in [5, 5.41) is 3.30. The molecule has 1 aromatic carbocycles. The molecule has 1 saturated carbocycles. The van der Waals surface area contributed by atoms with Gasteiger partial charge in [0, 0.05) is 19.1 Å². The molecule has 3 heteroatoms. The highest BCUT2D eigenvalue weighted by molar-refractivity contribution is 5.33. The molecular weight excluding hydrogens is 238 g/mol. The molecule has 3 unspecified atom stereocenters. The van der Waals surface area contributed by atoms with E-state index in [4.69, 9.17) is 9.47 Å². The third kappa shape index (κ3) is 3.28. The molecule has 0 spiro atoms. The summed E-state index contributed by atoms with van der Waals surface area (Å²) in [6.07, 6.45) is 3.42. The standard InChI is InChI=1S/C16H25NO2/c1-4-10-18-16-13(17-3)11-15(16)19-14-9-7-6-8-12(14)5-2/h6-9,13,15-17H,4-5,10-11H2,1-3H3. The Bertz CT molecular complexity index is 394. The Labute approximate surface area is 116 Å². The summed E-state index contributed by atoms with van der Waals surface area (Å²) in [5.74, 6) is 1.01. The molecule has 1 aromatic rings. The highest BCUT2D eigenvalue weighted by Gasteiger charge is 2.43. The van der Waals surface area contributed by atoms with E-state index in [0.29, 0.717) is 6.04 Å². The minimum atomic E-state index is 0.176. The number of para-hydroxylation sites is 1. The van der Waals surface area contributed by atoms with Crippen LogP contribution >= 0.6 is 0 Å². The van der Waals surface area contributed by atoms with Crippen LogP contribution < -0.4 is 10.1 Å². The van der Waals surface area contributed by atoms with Crippen LogP contribution in [0.4, 0.5) is 0 Å². The van der Waals surface area contributed by atoms with Gasteiger partial charge in [0.2, 0.25) is 0 Å². The second-order valence-corrected chi connectivity index (χ2v) is 5.08. The first-order chi connectivity index (χ1) is 9.30. The SMILES string of the molecule is CCCOC1C(NC)CC1Oc1ccccc1CC. The van der Waals surface area contributed by atoms with Gasteiger partial charge in [-0.3, -0.25) is 0 Å². The summed E-state index contributed by atoms with van der Waals surface area (Å²) < 4.78 is 12.1. The zero-order chi connectivity index (χ0) is 13.7. The number of hydrogen-bond donors (Lipinski definition) is 1. The Balaban J connectivity index is 1.98. The molecule has 0 radical (unpaired) electrons. The van der Waals surface area contributed by atoms with Crippen molar-refractivity contribution < 1.29 is 9.47 Å². The predicted octanol–water partition coefficient (Wildman–Crippen LogP) is 2.78. The van der Waals surface area contributed by atoms with Crippen LogP contribution in [0.3, 0.4) is 0 Å². The molecule has 1 aliphatic rings. The molecule has 0 heterocycles. The van der Waals surface area contributed by atoms with E-state index in [0.717, 1.165) is 31.6 Å². The second kappa shape index (κ2) is 6.92. The first kappa shape index (κ1) is 14.4. The summed E-state index contributed by atoms with van der Waals surface area (Å²) in [6, 6.07) is 8.71. The van der Waals surface area contributed by atoms with Crippen molar-refractivity contribution in [1.29, 1.82) is 0 Å². The molecule has 1 fully saturated rings. The largest absolute Gasteiger partial charge is 0.487 e. The summed E-state index contributed by atoms with van der Waals surface area (Å²) in [7, 11) is 1.99. The number of rotatable bonds is 7. The van der Waals surface area contributed by atoms with Crippen molar-refractivity contribution in [3.8, 4) is 5.75 Å². The molecule has 0 aromatic heterocycles. The van der Waals surface area contributed by atoms with Crippen LogP contribution in [-0.4, -0.2) is 31.9 Å². The number of benzene rings is 1. The van der Waals surface area contributed by atoms with Crippen LogP contribution in [0.5, 0.6) is 5.75 Å². The molecule has 3 atom stereocenters. The molecule has 106 valence electrons. The van der Waals surface area contributed by atoms with E-state index in [1.807, 2.05) is 13.1 Å². The molecule has 0 saturated heterocycles. The van der Waals surface area contributed by atoms with Gasteiger partial charge in [-0.05, 0) is 31.5 Å². The van der Waals surface area contributed by atoms with Crippen molar-refractivity contribution in [3.63, 3.8) is 0 Å². The van der Waals surface area contributed by atoms with Crippen molar-refractivity contribution in [1.82, 2.24) is 5.32 Å². The fourth-order valence-corrected chi connectivity index (χ4v) is 2.53. The molecule has 19 heavy (non-hydrogen) atoms. The maximum atomic E-state index is 6.15. The lowest BCUT2D eigenvalue weighted by Crippen LogP contribution is -2.60. The van der Waals surface area contributed by atoms with Gasteiger partial charge in [0.25, 0.3) is 0 Å². The zero-order valence-corrected chi connectivity index (χ0v) is 12.2. The lowest BCUT2D eigenvalue weighted by molar-refractivity contribution is -0.106. The highest BCUT2D eigenvalue weighted by Crippen LogP contribution is 2.30. The van der Waals surface area contributed by atoms with E-state index in [1.54, 1.807) is 0 Å². The van der Waals surface area contributed by atoms with Crippen molar-refractivity contribution in [3.05, 3.63) is 29.8 Å². The third-order valence-electron chi connectivity index (χ3n) is 3.77. The van der Waals surface area contributed by atoms with Gasteiger partial charge < -0.3 is 14.8 Å². The van der Waals surface area contributed by atoms with E-state index in [1.165, 1.54) is 5.56 Å². The molecule has 3 nitrogen and oxygen atoms in total. The molecule has 1 aliphatic carbocycles. The van der Waals surface area contributed by atoms with Crippen molar-refractivity contribution >= 4 is 0 Å². The number of nitrogens with one attached hydrogen (secondary N) is 1. The van der Waals surface area contributed by atoms with Gasteiger partial charge >= 0.3 is 0 Å². The molecular formula is C16H25NO2. The number of aryl methyl sites for hydroxylation is 1. The molecule has 2 rings (SSSR count). The van der Waals surface area contributed by atoms with Crippen LogP contribution in [0.2, 0.25) is 0 Å². The quantitative estimate of drug-likeness (QED) is 0.820. The van der Waals surface area contributed by atoms with E-state index in [2.05, 4.69) is 37.4 Å². The molecule has 0 amide bonds. The summed E-state index contributed by atoms with van der Waals surface area (Å²) in [6.45, 7) is 5.10. The third-order valence-corrected chi connectivity index (χ3v) is 3.77. The second-order valence-electron chi connectivity index (χ2n) is 5.08. The Morgan fingerprint density at radius 2 is 2.05 bits per heavy atom. The predicted molar refractivity (Wildman–Crippen MR) is 77.7 cm³/mol. The number of likely N-dealkylation sites (N-methyl/N-ethyl adjacent to an activating group) is 1. The highest BCUT2D eigenvalue weighted by atomic mass is 16.5. The van der Waals surface area contributed by atoms with Crippen molar-refractivity contribution in [2.75, 3.05) is 13.7 Å². The maximum absolute atomic E-state index is 6.15. The Morgan fingerprint density at radius 3 is 2.74 bits per heavy atom. The maximum Gasteiger partial charge on any atom is 0.128 e. The normalized spacial score (nSPS) is 25.9. The van der Waals surface area contributed by atoms with Gasteiger partial charge in [-0.25, -0.2) is 0 Å². The smallest absolute Gasteiger partial charge is 0.128 e. The molecule has 1 N–H and O–H groups in total. The molecule has 0 aliphatic heterocycles. The Morgan fingerprint density at radius 1 is 1.26 bits per heavy atom. The fourth-order valence-electron chi connectivity index (χ4n) is 2.53. The van der Waals surface area contributed by atoms with Gasteiger partial charge in [-0.2, -0.15) is 0 Å². The lowest BCUT2D eigenvalue weighted by atomic mass is 9.85. The van der Waals surface area contributed by atoms with Crippen molar-refractivity contribution in [2.24, 2.45) is 0 Å². The van der Waals surface area contributed by atoms with Crippen molar-refractivity contribution in [2.45, 2.75) is 51.4 Å². The van der Waals surface area contributed by atoms with E-state index < -0.39 is 0 Å². The Kier molecular flexibility index (Phi) is 5.23. The van der Waals surface area contributed by atoms with Gasteiger partial charge in [-0.1, -0.05) is 32.0 Å². The lowest BCUT2D eigenvalue weighted by Gasteiger charge is -2.44. The first-order valence-electron chi connectivity index (χ1n) is 7.33. The van der Waals surface area contributed by atoms with Crippen LogP contribution in [-0.2, 0) is 11.2 Å². The topological polar surface area (TPSA) is 30.5 Å². The minimum absolute atomic E-state index is 0.176. The summed E-state index contributed by atoms with van der Waals surface area (Å²) in [4.78, 5) is 0. The van der Waals surface area contributed by atoms with E-state index in [-0.39, 0.29) is 12.2 Å². The Hall–Kier alpha value is -1.06. The van der Waals surface area contributed by atoms with Crippen LogP contribution in [0.25, 0.3) is 0 Å². The fraction of sp³-hybridized carbons (Fsp3) is 0.625. The van der Waals surface area contributed by atoms with Gasteiger partial charge in [0.05, 0.1) is 0 Å². The summed E-state index contributed by atoms with van der Waals surface area (Å²) in [5.41, 5.74) is 1.27. The average Bonchev–Trinajstić information content (AvgIpc) is 2.43.